The minimum absolute atomic E-state index is 0.135. The molecule has 3 aromatic rings. The molecule has 6 nitrogen and oxygen atoms in total. The average molecular weight is 588 g/mol. The Hall–Kier alpha value is -2.64. The van der Waals surface area contributed by atoms with Gasteiger partial charge in [-0.05, 0) is 74.0 Å². The number of hydrogen-bond acceptors (Lipinski definition) is 5. The molecule has 0 spiro atoms. The zero-order chi connectivity index (χ0) is 28.3. The Morgan fingerprint density at radius 2 is 1.38 bits per heavy atom. The van der Waals surface area contributed by atoms with Crippen molar-refractivity contribution in [3.8, 4) is 5.75 Å². The fraction of sp³-hybridized carbons (Fsp3) is 0.333. The molecule has 0 saturated carbocycles. The molecule has 1 saturated heterocycles. The predicted molar refractivity (Wildman–Crippen MR) is 137 cm³/mol. The highest BCUT2D eigenvalue weighted by Gasteiger charge is 2.65. The first-order valence-electron chi connectivity index (χ1n) is 12.0. The van der Waals surface area contributed by atoms with E-state index in [1.165, 1.54) is 12.1 Å². The zero-order valence-corrected chi connectivity index (χ0v) is 22.5. The van der Waals surface area contributed by atoms with Crippen molar-refractivity contribution in [3.63, 3.8) is 0 Å². The number of rotatable bonds is 10. The topological polar surface area (TPSA) is 82.1 Å². The summed E-state index contributed by atoms with van der Waals surface area (Å²) in [5.74, 6) is -5.70. The van der Waals surface area contributed by atoms with Gasteiger partial charge in [-0.15, -0.1) is 0 Å². The number of ether oxygens (including phenoxy) is 3. The van der Waals surface area contributed by atoms with Gasteiger partial charge in [0.15, 0.2) is 20.5 Å². The van der Waals surface area contributed by atoms with Gasteiger partial charge < -0.3 is 14.2 Å². The van der Waals surface area contributed by atoms with Crippen molar-refractivity contribution in [2.24, 2.45) is 0 Å². The molecule has 0 bridgehead atoms. The van der Waals surface area contributed by atoms with Gasteiger partial charge in [-0.25, -0.2) is 0 Å². The lowest BCUT2D eigenvalue weighted by atomic mass is 10.1. The molecule has 39 heavy (non-hydrogen) atoms. The molecular weight excluding hydrogens is 560 g/mol. The normalized spacial score (nSPS) is 17.0. The lowest BCUT2D eigenvalue weighted by Crippen LogP contribution is -2.47. The van der Waals surface area contributed by atoms with Crippen LogP contribution in [0.25, 0.3) is 0 Å². The summed E-state index contributed by atoms with van der Waals surface area (Å²) in [6.45, 7) is 2.21. The summed E-state index contributed by atoms with van der Waals surface area (Å²) in [5.41, 5.74) is 0.891. The first-order chi connectivity index (χ1) is 18.3. The van der Waals surface area contributed by atoms with Gasteiger partial charge >= 0.3 is 21.3 Å². The minimum atomic E-state index is -6.29. The molecule has 1 heterocycles. The third kappa shape index (κ3) is 6.41. The SMILES string of the molecule is CC1(c2ccc([S+](c3ccccc3)c3ccc(OCCC(F)(F)C(F)(F)S(=O)(=O)O)cc3)cc2)OCCCO1. The molecule has 1 unspecified atom stereocenters. The van der Waals surface area contributed by atoms with E-state index in [9.17, 15) is 26.0 Å². The Bertz CT molecular complexity index is 1350. The summed E-state index contributed by atoms with van der Waals surface area (Å²) < 4.78 is 101. The van der Waals surface area contributed by atoms with E-state index in [1.54, 1.807) is 12.1 Å². The molecule has 12 heteroatoms. The van der Waals surface area contributed by atoms with Gasteiger partial charge in [0.1, 0.15) is 5.75 Å². The Labute approximate surface area is 227 Å². The Morgan fingerprint density at radius 1 is 0.872 bits per heavy atom. The highest BCUT2D eigenvalue weighted by Crippen LogP contribution is 2.41. The number of halogens is 4. The molecule has 0 aromatic heterocycles. The molecule has 1 aliphatic rings. The minimum Gasteiger partial charge on any atom is -0.493 e. The Kier molecular flexibility index (Phi) is 8.62. The third-order valence-electron chi connectivity index (χ3n) is 6.13. The highest BCUT2D eigenvalue weighted by molar-refractivity contribution is 7.97. The van der Waals surface area contributed by atoms with Gasteiger partial charge in [-0.1, -0.05) is 18.2 Å². The summed E-state index contributed by atoms with van der Waals surface area (Å²) in [6.07, 6.45) is -0.779. The lowest BCUT2D eigenvalue weighted by molar-refractivity contribution is -0.264. The van der Waals surface area contributed by atoms with Crippen LogP contribution in [0, 0.1) is 0 Å². The van der Waals surface area contributed by atoms with Crippen molar-refractivity contribution in [2.45, 2.75) is 51.4 Å². The second kappa shape index (κ2) is 11.5. The van der Waals surface area contributed by atoms with E-state index in [4.69, 9.17) is 18.8 Å². The lowest BCUT2D eigenvalue weighted by Gasteiger charge is -2.34. The molecule has 3 aromatic carbocycles. The van der Waals surface area contributed by atoms with Gasteiger partial charge in [0, 0.05) is 5.56 Å². The molecule has 210 valence electrons. The summed E-state index contributed by atoms with van der Waals surface area (Å²) in [6, 6.07) is 24.2. The van der Waals surface area contributed by atoms with Crippen LogP contribution in [-0.4, -0.2) is 44.0 Å². The largest absolute Gasteiger partial charge is 0.493 e. The van der Waals surface area contributed by atoms with E-state index in [2.05, 4.69) is 0 Å². The Balaban J connectivity index is 1.51. The van der Waals surface area contributed by atoms with Crippen molar-refractivity contribution in [1.29, 1.82) is 0 Å². The van der Waals surface area contributed by atoms with Crippen LogP contribution in [0.1, 0.15) is 25.3 Å². The van der Waals surface area contributed by atoms with Gasteiger partial charge in [-0.2, -0.15) is 26.0 Å². The maximum absolute atomic E-state index is 13.7. The van der Waals surface area contributed by atoms with Crippen molar-refractivity contribution >= 4 is 21.0 Å². The monoisotopic (exact) mass is 587 g/mol. The molecule has 1 atom stereocenters. The smallest absolute Gasteiger partial charge is 0.431 e. The third-order valence-corrected chi connectivity index (χ3v) is 9.31. The maximum Gasteiger partial charge on any atom is 0.431 e. The summed E-state index contributed by atoms with van der Waals surface area (Å²) in [4.78, 5) is 2.92. The molecule has 0 radical (unpaired) electrons. The van der Waals surface area contributed by atoms with Crippen molar-refractivity contribution in [1.82, 2.24) is 0 Å². The second-order valence-electron chi connectivity index (χ2n) is 8.91. The van der Waals surface area contributed by atoms with E-state index >= 15 is 0 Å². The van der Waals surface area contributed by atoms with Crippen molar-refractivity contribution in [2.75, 3.05) is 19.8 Å². The molecule has 1 N–H and O–H groups in total. The van der Waals surface area contributed by atoms with E-state index in [0.29, 0.717) is 13.2 Å². The van der Waals surface area contributed by atoms with Crippen LogP contribution in [0.2, 0.25) is 0 Å². The number of hydrogen-bond donors (Lipinski definition) is 1. The van der Waals surface area contributed by atoms with E-state index in [0.717, 1.165) is 26.7 Å². The molecule has 4 rings (SSSR count). The van der Waals surface area contributed by atoms with Crippen molar-refractivity contribution < 1.29 is 44.7 Å². The highest BCUT2D eigenvalue weighted by atomic mass is 32.2. The predicted octanol–water partition coefficient (Wildman–Crippen LogP) is 6.28. The average Bonchev–Trinajstić information content (AvgIpc) is 2.90. The van der Waals surface area contributed by atoms with E-state index in [-0.39, 0.29) is 5.75 Å². The first kappa shape index (κ1) is 29.3. The Morgan fingerprint density at radius 3 is 1.92 bits per heavy atom. The van der Waals surface area contributed by atoms with E-state index in [1.807, 2.05) is 61.5 Å². The van der Waals surface area contributed by atoms with E-state index < -0.39 is 51.0 Å². The zero-order valence-electron chi connectivity index (χ0n) is 20.9. The summed E-state index contributed by atoms with van der Waals surface area (Å²) in [5, 5.41) is -5.63. The van der Waals surface area contributed by atoms with Crippen LogP contribution < -0.4 is 4.74 Å². The number of alkyl halides is 4. The van der Waals surface area contributed by atoms with Crippen LogP contribution in [0.3, 0.4) is 0 Å². The van der Waals surface area contributed by atoms with Gasteiger partial charge in [0.25, 0.3) is 0 Å². The summed E-state index contributed by atoms with van der Waals surface area (Å²) in [7, 11) is -6.83. The van der Waals surface area contributed by atoms with Crippen LogP contribution >= 0.6 is 0 Å². The molecular formula is C27H27F4O6S2+. The maximum atomic E-state index is 13.7. The van der Waals surface area contributed by atoms with Gasteiger partial charge in [0.2, 0.25) is 0 Å². The first-order valence-corrected chi connectivity index (χ1v) is 14.6. The van der Waals surface area contributed by atoms with Crippen LogP contribution in [0.15, 0.2) is 93.5 Å². The standard InChI is InChI=1S/C27H26F4O6S2/c1-25(36-17-5-18-37-25)20-8-12-23(13-9-20)38(22-6-3-2-4-7-22)24-14-10-21(11-15-24)35-19-16-26(28,29)27(30,31)39(32,33)34/h2-4,6-15H,5,16-19H2,1H3/p+1. The van der Waals surface area contributed by atoms with Crippen molar-refractivity contribution in [3.05, 3.63) is 84.4 Å². The fourth-order valence-corrected chi connectivity index (χ4v) is 6.50. The van der Waals surface area contributed by atoms with Crippen LogP contribution in [0.4, 0.5) is 17.6 Å². The van der Waals surface area contributed by atoms with Crippen LogP contribution in [0.5, 0.6) is 5.75 Å². The quantitative estimate of drug-likeness (QED) is 0.171. The van der Waals surface area contributed by atoms with Gasteiger partial charge in [0.05, 0.1) is 37.1 Å². The fourth-order valence-electron chi connectivity index (χ4n) is 3.96. The molecule has 0 aliphatic carbocycles. The summed E-state index contributed by atoms with van der Waals surface area (Å²) >= 11 is 0. The molecule has 1 fully saturated rings. The van der Waals surface area contributed by atoms with Gasteiger partial charge in [-0.3, -0.25) is 4.55 Å². The van der Waals surface area contributed by atoms with Crippen LogP contribution in [-0.2, 0) is 36.3 Å². The molecule has 1 aliphatic heterocycles. The molecule has 0 amide bonds. The number of benzene rings is 3. The second-order valence-corrected chi connectivity index (χ2v) is 12.4.